The highest BCUT2D eigenvalue weighted by Crippen LogP contribution is 2.23. The van der Waals surface area contributed by atoms with E-state index in [0.717, 1.165) is 0 Å². The molecule has 1 atom stereocenters. The molecule has 0 fully saturated rings. The largest absolute Gasteiger partial charge is 0.479 e. The van der Waals surface area contributed by atoms with Gasteiger partial charge in [0.15, 0.2) is 11.8 Å². The quantitative estimate of drug-likeness (QED) is 0.436. The summed E-state index contributed by atoms with van der Waals surface area (Å²) in [5.41, 5.74) is 10.4. The monoisotopic (exact) mass is 385 g/mol. The number of para-hydroxylation sites is 1. The van der Waals surface area contributed by atoms with E-state index < -0.39 is 42.7 Å². The van der Waals surface area contributed by atoms with Crippen LogP contribution in [0.15, 0.2) is 54.6 Å². The molecule has 2 aromatic rings. The Labute approximate surface area is 160 Å². The molecule has 0 saturated heterocycles. The van der Waals surface area contributed by atoms with Crippen molar-refractivity contribution in [3.8, 4) is 11.5 Å². The summed E-state index contributed by atoms with van der Waals surface area (Å²) in [6.07, 6.45) is 0. The molecule has 2 amide bonds. The van der Waals surface area contributed by atoms with E-state index in [4.69, 9.17) is 16.2 Å². The molecule has 146 valence electrons. The lowest BCUT2D eigenvalue weighted by Crippen LogP contribution is -2.56. The summed E-state index contributed by atoms with van der Waals surface area (Å²) in [5, 5.41) is 9.49. The highest BCUT2D eigenvalue weighted by Gasteiger charge is 2.39. The molecule has 0 aliphatic rings. The Bertz CT molecular complexity index is 868. The van der Waals surface area contributed by atoms with E-state index in [2.05, 4.69) is 0 Å². The molecule has 2 rings (SSSR count). The number of ketones is 1. The third-order valence-electron chi connectivity index (χ3n) is 3.72. The van der Waals surface area contributed by atoms with Gasteiger partial charge in [-0.3, -0.25) is 19.3 Å². The number of imide groups is 1. The number of ether oxygens (including phenoxy) is 1. The van der Waals surface area contributed by atoms with E-state index in [9.17, 15) is 24.3 Å². The first-order chi connectivity index (χ1) is 13.4. The van der Waals surface area contributed by atoms with E-state index in [1.54, 1.807) is 30.3 Å². The van der Waals surface area contributed by atoms with Gasteiger partial charge >= 0.3 is 5.97 Å². The van der Waals surface area contributed by atoms with Crippen LogP contribution in [0.2, 0.25) is 0 Å². The lowest BCUT2D eigenvalue weighted by Gasteiger charge is -2.25. The van der Waals surface area contributed by atoms with Crippen LogP contribution >= 0.6 is 0 Å². The zero-order valence-electron chi connectivity index (χ0n) is 14.8. The zero-order valence-corrected chi connectivity index (χ0v) is 14.8. The van der Waals surface area contributed by atoms with Gasteiger partial charge in [-0.1, -0.05) is 30.3 Å². The Morgan fingerprint density at radius 1 is 0.893 bits per heavy atom. The van der Waals surface area contributed by atoms with Gasteiger partial charge < -0.3 is 21.3 Å². The van der Waals surface area contributed by atoms with Crippen molar-refractivity contribution < 1.29 is 29.0 Å². The van der Waals surface area contributed by atoms with Gasteiger partial charge in [0.1, 0.15) is 11.5 Å². The van der Waals surface area contributed by atoms with Gasteiger partial charge in [0.25, 0.3) is 0 Å². The van der Waals surface area contributed by atoms with Gasteiger partial charge in [0.05, 0.1) is 13.1 Å². The molecule has 0 saturated carbocycles. The molecule has 0 spiro atoms. The number of benzene rings is 2. The molecule has 0 radical (unpaired) electrons. The second-order valence-electron chi connectivity index (χ2n) is 5.61. The first-order valence-electron chi connectivity index (χ1n) is 8.24. The SMILES string of the molecule is NCC(=O)N(C(=O)CN)C(C(=O)O)C(=O)c1cccc(Oc2ccccc2)c1. The van der Waals surface area contributed by atoms with Crippen LogP contribution < -0.4 is 16.2 Å². The molecule has 2 aromatic carbocycles. The van der Waals surface area contributed by atoms with E-state index >= 15 is 0 Å². The van der Waals surface area contributed by atoms with E-state index in [1.807, 2.05) is 6.07 Å². The van der Waals surface area contributed by atoms with Crippen molar-refractivity contribution in [1.82, 2.24) is 4.90 Å². The van der Waals surface area contributed by atoms with Crippen molar-refractivity contribution in [2.45, 2.75) is 6.04 Å². The van der Waals surface area contributed by atoms with Crippen molar-refractivity contribution >= 4 is 23.6 Å². The molecule has 9 heteroatoms. The maximum absolute atomic E-state index is 12.8. The van der Waals surface area contributed by atoms with Crippen molar-refractivity contribution in [3.05, 3.63) is 60.2 Å². The average Bonchev–Trinajstić information content (AvgIpc) is 2.71. The highest BCUT2D eigenvalue weighted by molar-refractivity contribution is 6.17. The molecule has 0 aliphatic heterocycles. The number of hydrogen-bond donors (Lipinski definition) is 3. The lowest BCUT2D eigenvalue weighted by atomic mass is 10.0. The van der Waals surface area contributed by atoms with Gasteiger partial charge in [0.2, 0.25) is 11.8 Å². The number of carbonyl (C=O) groups is 4. The first-order valence-corrected chi connectivity index (χ1v) is 8.24. The van der Waals surface area contributed by atoms with E-state index in [-0.39, 0.29) is 16.2 Å². The topological polar surface area (TPSA) is 153 Å². The molecular weight excluding hydrogens is 366 g/mol. The summed E-state index contributed by atoms with van der Waals surface area (Å²) in [7, 11) is 0. The van der Waals surface area contributed by atoms with E-state index in [0.29, 0.717) is 5.75 Å². The van der Waals surface area contributed by atoms with Crippen LogP contribution in [0.1, 0.15) is 10.4 Å². The van der Waals surface area contributed by atoms with Gasteiger partial charge in [0, 0.05) is 5.56 Å². The predicted octanol–water partition coefficient (Wildman–Crippen LogP) is 0.387. The molecule has 28 heavy (non-hydrogen) atoms. The molecule has 0 aromatic heterocycles. The van der Waals surface area contributed by atoms with Crippen LogP contribution in [0.3, 0.4) is 0 Å². The van der Waals surface area contributed by atoms with E-state index in [1.165, 1.54) is 18.2 Å². The summed E-state index contributed by atoms with van der Waals surface area (Å²) in [6.45, 7) is -1.31. The summed E-state index contributed by atoms with van der Waals surface area (Å²) in [4.78, 5) is 48.8. The Kier molecular flexibility index (Phi) is 6.96. The fourth-order valence-corrected chi connectivity index (χ4v) is 2.46. The van der Waals surface area contributed by atoms with Crippen LogP contribution in [0.5, 0.6) is 11.5 Å². The van der Waals surface area contributed by atoms with Gasteiger partial charge in [-0.25, -0.2) is 4.79 Å². The lowest BCUT2D eigenvalue weighted by molar-refractivity contribution is -0.154. The number of carboxylic acids is 1. The predicted molar refractivity (Wildman–Crippen MR) is 98.7 cm³/mol. The number of carbonyl (C=O) groups excluding carboxylic acids is 3. The van der Waals surface area contributed by atoms with Crippen LogP contribution in [0.4, 0.5) is 0 Å². The number of rotatable bonds is 8. The normalized spacial score (nSPS) is 11.4. The van der Waals surface area contributed by atoms with Crippen LogP contribution in [0.25, 0.3) is 0 Å². The standard InChI is InChI=1S/C19H19N3O6/c20-10-15(23)22(16(24)11-21)17(19(26)27)18(25)12-5-4-8-14(9-12)28-13-6-2-1-3-7-13/h1-9,17H,10-11,20-21H2,(H,26,27). The third kappa shape index (κ3) is 4.78. The minimum Gasteiger partial charge on any atom is -0.479 e. The molecule has 0 bridgehead atoms. The Balaban J connectivity index is 2.37. The molecule has 0 aliphatic carbocycles. The summed E-state index contributed by atoms with van der Waals surface area (Å²) in [6, 6.07) is 12.4. The molecule has 0 heterocycles. The maximum atomic E-state index is 12.8. The average molecular weight is 385 g/mol. The first kappa shape index (κ1) is 20.7. The molecule has 9 nitrogen and oxygen atoms in total. The maximum Gasteiger partial charge on any atom is 0.335 e. The van der Waals surface area contributed by atoms with Crippen LogP contribution in [0, 0.1) is 0 Å². The van der Waals surface area contributed by atoms with Crippen molar-refractivity contribution in [2.24, 2.45) is 11.5 Å². The third-order valence-corrected chi connectivity index (χ3v) is 3.72. The summed E-state index contributed by atoms with van der Waals surface area (Å²) in [5.74, 6) is -3.90. The molecular formula is C19H19N3O6. The second kappa shape index (κ2) is 9.40. The van der Waals surface area contributed by atoms with Crippen LogP contribution in [-0.4, -0.2) is 52.7 Å². The fraction of sp³-hybridized carbons (Fsp3) is 0.158. The Morgan fingerprint density at radius 3 is 2.00 bits per heavy atom. The fourth-order valence-electron chi connectivity index (χ4n) is 2.46. The summed E-state index contributed by atoms with van der Waals surface area (Å²) >= 11 is 0. The highest BCUT2D eigenvalue weighted by atomic mass is 16.5. The minimum absolute atomic E-state index is 0.0551. The van der Waals surface area contributed by atoms with Gasteiger partial charge in [-0.05, 0) is 24.3 Å². The number of carboxylic acid groups (broad SMARTS) is 1. The van der Waals surface area contributed by atoms with Crippen LogP contribution in [-0.2, 0) is 14.4 Å². The Hall–Kier alpha value is -3.56. The van der Waals surface area contributed by atoms with Gasteiger partial charge in [-0.2, -0.15) is 0 Å². The number of nitrogens with zero attached hydrogens (tertiary/aromatic N) is 1. The number of aliphatic carboxylic acids is 1. The molecule has 5 N–H and O–H groups in total. The molecule has 1 unspecified atom stereocenters. The second-order valence-corrected chi connectivity index (χ2v) is 5.61. The van der Waals surface area contributed by atoms with Crippen molar-refractivity contribution in [1.29, 1.82) is 0 Å². The number of nitrogens with two attached hydrogens (primary N) is 2. The summed E-state index contributed by atoms with van der Waals surface area (Å²) < 4.78 is 5.62. The van der Waals surface area contributed by atoms with Gasteiger partial charge in [-0.15, -0.1) is 0 Å². The Morgan fingerprint density at radius 2 is 1.46 bits per heavy atom. The number of amides is 2. The zero-order chi connectivity index (χ0) is 20.7. The van der Waals surface area contributed by atoms with Crippen molar-refractivity contribution in [3.63, 3.8) is 0 Å². The number of hydrogen-bond acceptors (Lipinski definition) is 7. The minimum atomic E-state index is -2.08. The smallest absolute Gasteiger partial charge is 0.335 e. The number of Topliss-reactive ketones (excluding diaryl/α,β-unsaturated/α-hetero) is 1. The van der Waals surface area contributed by atoms with Crippen molar-refractivity contribution in [2.75, 3.05) is 13.1 Å².